The van der Waals surface area contributed by atoms with Crippen molar-refractivity contribution < 1.29 is 23.0 Å². The van der Waals surface area contributed by atoms with Crippen molar-refractivity contribution in [3.8, 4) is 5.75 Å². The van der Waals surface area contributed by atoms with E-state index in [0.717, 1.165) is 6.07 Å². The van der Waals surface area contributed by atoms with E-state index in [9.17, 15) is 18.0 Å². The normalized spacial score (nSPS) is 11.6. The zero-order valence-electron chi connectivity index (χ0n) is 7.77. The minimum atomic E-state index is -4.88. The Balaban J connectivity index is 3.28. The lowest BCUT2D eigenvalue weighted by molar-refractivity contribution is -0.275. The molecule has 0 unspecified atom stereocenters. The Bertz CT molecular complexity index is 401. The summed E-state index contributed by atoms with van der Waals surface area (Å²) in [6, 6.07) is 0.967. The lowest BCUT2D eigenvalue weighted by atomic mass is 10.2. The van der Waals surface area contributed by atoms with Gasteiger partial charge in [0.05, 0.1) is 12.3 Å². The number of halogens is 4. The zero-order chi connectivity index (χ0) is 12.3. The minimum absolute atomic E-state index is 0.00926. The van der Waals surface area contributed by atoms with Gasteiger partial charge in [0.15, 0.2) is 5.75 Å². The molecule has 0 radical (unpaired) electrons. The first kappa shape index (κ1) is 13.0. The molecule has 2 N–H and O–H groups in total. The van der Waals surface area contributed by atoms with Crippen molar-refractivity contribution in [1.29, 1.82) is 0 Å². The van der Waals surface area contributed by atoms with Crippen molar-refractivity contribution in [1.82, 2.24) is 4.98 Å². The molecular formula is C8H7BrF3NO3. The Morgan fingerprint density at radius 2 is 2.12 bits per heavy atom. The van der Waals surface area contributed by atoms with Crippen LogP contribution >= 0.6 is 15.9 Å². The van der Waals surface area contributed by atoms with E-state index in [1.807, 2.05) is 0 Å². The Hall–Kier alpha value is -1.02. The predicted octanol–water partition coefficient (Wildman–Crippen LogP) is 1.66. The van der Waals surface area contributed by atoms with Crippen LogP contribution in [0.1, 0.15) is 11.3 Å². The SMILES string of the molecule is O=c1cc(CBr)c(OC(F)(F)F)c(CO)[nH]1. The zero-order valence-corrected chi connectivity index (χ0v) is 9.35. The van der Waals surface area contributed by atoms with E-state index in [1.165, 1.54) is 0 Å². The molecule has 0 saturated heterocycles. The van der Waals surface area contributed by atoms with Crippen molar-refractivity contribution in [3.05, 3.63) is 27.7 Å². The molecule has 0 bridgehead atoms. The molecule has 1 rings (SSSR count). The maximum absolute atomic E-state index is 12.1. The van der Waals surface area contributed by atoms with E-state index >= 15 is 0 Å². The average molecular weight is 302 g/mol. The summed E-state index contributed by atoms with van der Waals surface area (Å²) in [4.78, 5) is 13.1. The highest BCUT2D eigenvalue weighted by Crippen LogP contribution is 2.29. The molecular weight excluding hydrogens is 295 g/mol. The molecule has 0 amide bonds. The minimum Gasteiger partial charge on any atom is -0.403 e. The summed E-state index contributed by atoms with van der Waals surface area (Å²) in [5.74, 6) is -0.577. The molecule has 0 aliphatic heterocycles. The number of rotatable bonds is 3. The number of aromatic nitrogens is 1. The van der Waals surface area contributed by atoms with Gasteiger partial charge in [0.1, 0.15) is 0 Å². The second kappa shape index (κ2) is 4.88. The number of aliphatic hydroxyl groups is 1. The number of hydrogen-bond donors (Lipinski definition) is 2. The van der Waals surface area contributed by atoms with Crippen LogP contribution in [0.3, 0.4) is 0 Å². The summed E-state index contributed by atoms with van der Waals surface area (Å²) < 4.78 is 39.9. The maximum atomic E-state index is 12.1. The van der Waals surface area contributed by atoms with Gasteiger partial charge in [0.25, 0.3) is 0 Å². The summed E-state index contributed by atoms with van der Waals surface area (Å²) in [6.07, 6.45) is -4.88. The number of nitrogens with one attached hydrogen (secondary N) is 1. The number of hydrogen-bond acceptors (Lipinski definition) is 3. The second-order valence-corrected chi connectivity index (χ2v) is 3.37. The molecule has 0 atom stereocenters. The predicted molar refractivity (Wildman–Crippen MR) is 52.3 cm³/mol. The van der Waals surface area contributed by atoms with Crippen LogP contribution in [0, 0.1) is 0 Å². The van der Waals surface area contributed by atoms with Crippen LogP contribution in [0.15, 0.2) is 10.9 Å². The average Bonchev–Trinajstić information content (AvgIpc) is 2.18. The van der Waals surface area contributed by atoms with Gasteiger partial charge in [-0.15, -0.1) is 13.2 Å². The maximum Gasteiger partial charge on any atom is 0.573 e. The standard InChI is InChI=1S/C8H7BrF3NO3/c9-2-4-1-6(15)13-5(3-14)7(4)16-8(10,11)12/h1,14H,2-3H2,(H,13,15). The van der Waals surface area contributed by atoms with Gasteiger partial charge in [-0.25, -0.2) is 0 Å². The molecule has 0 fully saturated rings. The molecule has 1 aromatic heterocycles. The summed E-state index contributed by atoms with van der Waals surface area (Å²) in [7, 11) is 0. The Morgan fingerprint density at radius 3 is 2.56 bits per heavy atom. The van der Waals surface area contributed by atoms with Crippen LogP contribution < -0.4 is 10.3 Å². The summed E-state index contributed by atoms with van der Waals surface area (Å²) in [6.45, 7) is -0.749. The molecule has 0 spiro atoms. The van der Waals surface area contributed by atoms with Gasteiger partial charge in [0, 0.05) is 17.0 Å². The van der Waals surface area contributed by atoms with Gasteiger partial charge in [-0.1, -0.05) is 15.9 Å². The highest BCUT2D eigenvalue weighted by atomic mass is 79.9. The van der Waals surface area contributed by atoms with Crippen molar-refractivity contribution in [2.75, 3.05) is 0 Å². The fraction of sp³-hybridized carbons (Fsp3) is 0.375. The molecule has 16 heavy (non-hydrogen) atoms. The topological polar surface area (TPSA) is 62.3 Å². The third-order valence-electron chi connectivity index (χ3n) is 1.67. The summed E-state index contributed by atoms with van der Waals surface area (Å²) in [5, 5.41) is 8.84. The third kappa shape index (κ3) is 3.24. The van der Waals surface area contributed by atoms with E-state index in [1.54, 1.807) is 0 Å². The second-order valence-electron chi connectivity index (χ2n) is 2.81. The third-order valence-corrected chi connectivity index (χ3v) is 2.27. The van der Waals surface area contributed by atoms with Crippen LogP contribution in [0.5, 0.6) is 5.75 Å². The highest BCUT2D eigenvalue weighted by Gasteiger charge is 2.33. The van der Waals surface area contributed by atoms with E-state index in [4.69, 9.17) is 5.11 Å². The van der Waals surface area contributed by atoms with Gasteiger partial charge >= 0.3 is 6.36 Å². The van der Waals surface area contributed by atoms with Crippen LogP contribution in [0.25, 0.3) is 0 Å². The first-order valence-corrected chi connectivity index (χ1v) is 5.17. The van der Waals surface area contributed by atoms with Crippen LogP contribution in [0.2, 0.25) is 0 Å². The molecule has 8 heteroatoms. The van der Waals surface area contributed by atoms with E-state index < -0.39 is 24.3 Å². The smallest absolute Gasteiger partial charge is 0.403 e. The molecule has 0 saturated carbocycles. The van der Waals surface area contributed by atoms with Crippen molar-refractivity contribution in [3.63, 3.8) is 0 Å². The lowest BCUT2D eigenvalue weighted by Crippen LogP contribution is -2.21. The summed E-state index contributed by atoms with van der Waals surface area (Å²) in [5.41, 5.74) is -0.891. The Labute approximate surface area is 96.2 Å². The number of aromatic amines is 1. The Morgan fingerprint density at radius 1 is 1.50 bits per heavy atom. The quantitative estimate of drug-likeness (QED) is 0.835. The molecule has 1 heterocycles. The van der Waals surface area contributed by atoms with E-state index in [0.29, 0.717) is 0 Å². The van der Waals surface area contributed by atoms with Crippen molar-refractivity contribution >= 4 is 15.9 Å². The molecule has 1 aromatic rings. The fourth-order valence-electron chi connectivity index (χ4n) is 1.11. The van der Waals surface area contributed by atoms with Gasteiger partial charge in [-0.2, -0.15) is 0 Å². The van der Waals surface area contributed by atoms with Crippen LogP contribution in [-0.4, -0.2) is 16.5 Å². The summed E-state index contributed by atoms with van der Waals surface area (Å²) >= 11 is 2.93. The van der Waals surface area contributed by atoms with Gasteiger partial charge in [0.2, 0.25) is 5.56 Å². The number of aliphatic hydroxyl groups excluding tert-OH is 1. The first-order valence-electron chi connectivity index (χ1n) is 4.05. The largest absolute Gasteiger partial charge is 0.573 e. The number of H-pyrrole nitrogens is 1. The highest BCUT2D eigenvalue weighted by molar-refractivity contribution is 9.08. The van der Waals surface area contributed by atoms with Crippen molar-refractivity contribution in [2.24, 2.45) is 0 Å². The van der Waals surface area contributed by atoms with E-state index in [2.05, 4.69) is 25.7 Å². The van der Waals surface area contributed by atoms with Gasteiger partial charge in [-0.05, 0) is 0 Å². The molecule has 0 aliphatic rings. The Kier molecular flexibility index (Phi) is 3.98. The number of alkyl halides is 4. The van der Waals surface area contributed by atoms with Gasteiger partial charge < -0.3 is 14.8 Å². The first-order chi connectivity index (χ1) is 7.37. The molecule has 0 aliphatic carbocycles. The number of ether oxygens (including phenoxy) is 1. The monoisotopic (exact) mass is 301 g/mol. The molecule has 0 aromatic carbocycles. The van der Waals surface area contributed by atoms with E-state index in [-0.39, 0.29) is 16.6 Å². The van der Waals surface area contributed by atoms with Crippen molar-refractivity contribution in [2.45, 2.75) is 18.3 Å². The van der Waals surface area contributed by atoms with Crippen LogP contribution in [0.4, 0.5) is 13.2 Å². The van der Waals surface area contributed by atoms with Gasteiger partial charge in [-0.3, -0.25) is 4.79 Å². The lowest BCUT2D eigenvalue weighted by Gasteiger charge is -2.14. The number of pyridine rings is 1. The van der Waals surface area contributed by atoms with Crippen LogP contribution in [-0.2, 0) is 11.9 Å². The molecule has 4 nitrogen and oxygen atoms in total. The molecule has 90 valence electrons. The fourth-order valence-corrected chi connectivity index (χ4v) is 1.53.